The van der Waals surface area contributed by atoms with E-state index in [-0.39, 0.29) is 10.9 Å². The largest absolute Gasteiger partial charge is 0.451 e. The molecule has 1 saturated carbocycles. The third-order valence-electron chi connectivity index (χ3n) is 3.70. The van der Waals surface area contributed by atoms with Gasteiger partial charge in [-0.3, -0.25) is 14.9 Å². The van der Waals surface area contributed by atoms with E-state index in [0.717, 1.165) is 12.8 Å². The van der Waals surface area contributed by atoms with Crippen LogP contribution in [0.5, 0.6) is 0 Å². The van der Waals surface area contributed by atoms with Crippen LogP contribution in [0.4, 0.5) is 4.79 Å². The van der Waals surface area contributed by atoms with Crippen LogP contribution in [0.15, 0.2) is 33.6 Å². The molecule has 10 nitrogen and oxygen atoms in total. The molecule has 1 aromatic carbocycles. The highest BCUT2D eigenvalue weighted by atomic mass is 79.9. The first-order valence-corrected chi connectivity index (χ1v) is 10.6. The van der Waals surface area contributed by atoms with Crippen molar-refractivity contribution < 1.29 is 32.6 Å². The molecule has 2 rings (SSSR count). The number of urea groups is 1. The van der Waals surface area contributed by atoms with Gasteiger partial charge in [0.15, 0.2) is 6.10 Å². The minimum absolute atomic E-state index is 0.0393. The molecule has 0 aliphatic heterocycles. The van der Waals surface area contributed by atoms with Crippen molar-refractivity contribution in [1.29, 1.82) is 0 Å². The number of hydrogen-bond donors (Lipinski definition) is 4. The van der Waals surface area contributed by atoms with Gasteiger partial charge in [0.05, 0.1) is 11.5 Å². The van der Waals surface area contributed by atoms with Crippen LogP contribution in [0.25, 0.3) is 0 Å². The molecule has 1 fully saturated rings. The van der Waals surface area contributed by atoms with Gasteiger partial charge >= 0.3 is 12.0 Å². The molecule has 3 amide bonds. The van der Waals surface area contributed by atoms with E-state index in [1.807, 2.05) is 10.0 Å². The molecule has 154 valence electrons. The summed E-state index contributed by atoms with van der Waals surface area (Å²) in [6.45, 7) is 0.334. The molecule has 1 aromatic rings. The molecule has 12 heteroatoms. The van der Waals surface area contributed by atoms with E-state index >= 15 is 0 Å². The SMILES string of the molecule is CC(OC(=O)C(CO)NS(=O)(=O)c1ccc(Br)cc1)C(=O)NC(=O)NC1CC1. The molecule has 0 aromatic heterocycles. The normalized spacial score (nSPS) is 16.0. The summed E-state index contributed by atoms with van der Waals surface area (Å²) in [5, 5.41) is 13.9. The number of carbonyl (C=O) groups excluding carboxylic acids is 3. The van der Waals surface area contributed by atoms with Crippen molar-refractivity contribution >= 4 is 43.9 Å². The average molecular weight is 478 g/mol. The number of nitrogens with one attached hydrogen (secondary N) is 3. The Morgan fingerprint density at radius 3 is 2.39 bits per heavy atom. The van der Waals surface area contributed by atoms with Gasteiger partial charge in [-0.25, -0.2) is 13.2 Å². The van der Waals surface area contributed by atoms with Crippen LogP contribution < -0.4 is 15.4 Å². The zero-order valence-electron chi connectivity index (χ0n) is 14.8. The molecule has 2 unspecified atom stereocenters. The second-order valence-corrected chi connectivity index (χ2v) is 8.76. The Hall–Kier alpha value is -2.02. The van der Waals surface area contributed by atoms with Crippen LogP contribution in [0.1, 0.15) is 19.8 Å². The number of aliphatic hydroxyl groups is 1. The van der Waals surface area contributed by atoms with Gasteiger partial charge < -0.3 is 15.2 Å². The van der Waals surface area contributed by atoms with Gasteiger partial charge in [0.1, 0.15) is 6.04 Å². The number of carbonyl (C=O) groups is 3. The summed E-state index contributed by atoms with van der Waals surface area (Å²) in [6, 6.07) is 3.33. The predicted octanol–water partition coefficient (Wildman–Crippen LogP) is 0.00820. The highest BCUT2D eigenvalue weighted by molar-refractivity contribution is 9.10. The second kappa shape index (κ2) is 9.45. The van der Waals surface area contributed by atoms with Gasteiger partial charge in [0, 0.05) is 10.5 Å². The highest BCUT2D eigenvalue weighted by Crippen LogP contribution is 2.18. The third-order valence-corrected chi connectivity index (χ3v) is 5.72. The van der Waals surface area contributed by atoms with Gasteiger partial charge in [0.2, 0.25) is 10.0 Å². The Bertz CT molecular complexity index is 840. The maximum Gasteiger partial charge on any atom is 0.327 e. The molecular weight excluding hydrogens is 458 g/mol. The molecule has 0 heterocycles. The fraction of sp³-hybridized carbons (Fsp3) is 0.438. The Balaban J connectivity index is 1.93. The third kappa shape index (κ3) is 6.55. The van der Waals surface area contributed by atoms with E-state index in [1.54, 1.807) is 0 Å². The van der Waals surface area contributed by atoms with Crippen LogP contribution in [-0.2, 0) is 24.3 Å². The van der Waals surface area contributed by atoms with E-state index in [4.69, 9.17) is 4.74 Å². The van der Waals surface area contributed by atoms with Crippen molar-refractivity contribution in [3.63, 3.8) is 0 Å². The fourth-order valence-corrected chi connectivity index (χ4v) is 3.44. The lowest BCUT2D eigenvalue weighted by Gasteiger charge is -2.18. The highest BCUT2D eigenvalue weighted by Gasteiger charge is 2.30. The maximum atomic E-state index is 12.3. The summed E-state index contributed by atoms with van der Waals surface area (Å²) in [5.74, 6) is -2.03. The van der Waals surface area contributed by atoms with Crippen molar-refractivity contribution in [3.05, 3.63) is 28.7 Å². The fourth-order valence-electron chi connectivity index (χ4n) is 2.00. The molecule has 2 atom stereocenters. The zero-order chi connectivity index (χ0) is 20.9. The number of amides is 3. The quantitative estimate of drug-likeness (QED) is 0.384. The van der Waals surface area contributed by atoms with Crippen molar-refractivity contribution in [1.82, 2.24) is 15.4 Å². The van der Waals surface area contributed by atoms with Crippen LogP contribution in [0, 0.1) is 0 Å². The van der Waals surface area contributed by atoms with Gasteiger partial charge in [-0.1, -0.05) is 15.9 Å². The van der Waals surface area contributed by atoms with Crippen molar-refractivity contribution in [3.8, 4) is 0 Å². The standard InChI is InChI=1S/C16H20BrN3O7S/c1-9(14(22)19-16(24)18-11-4-5-11)27-15(23)13(8-21)20-28(25,26)12-6-2-10(17)3-7-12/h2-3,6-7,9,11,13,20-21H,4-5,8H2,1H3,(H2,18,19,22,24). The summed E-state index contributed by atoms with van der Waals surface area (Å²) in [7, 11) is -4.11. The van der Waals surface area contributed by atoms with E-state index in [1.165, 1.54) is 31.2 Å². The van der Waals surface area contributed by atoms with Gasteiger partial charge in [0.25, 0.3) is 5.91 Å². The molecule has 0 spiro atoms. The smallest absolute Gasteiger partial charge is 0.327 e. The summed E-state index contributed by atoms with van der Waals surface area (Å²) in [4.78, 5) is 35.4. The van der Waals surface area contributed by atoms with Crippen LogP contribution in [-0.4, -0.2) is 56.2 Å². The zero-order valence-corrected chi connectivity index (χ0v) is 17.2. The monoisotopic (exact) mass is 477 g/mol. The number of rotatable bonds is 8. The first-order valence-electron chi connectivity index (χ1n) is 8.33. The van der Waals surface area contributed by atoms with E-state index in [0.29, 0.717) is 4.47 Å². The lowest BCUT2D eigenvalue weighted by molar-refractivity contribution is -0.156. The van der Waals surface area contributed by atoms with Crippen LogP contribution >= 0.6 is 15.9 Å². The van der Waals surface area contributed by atoms with Crippen molar-refractivity contribution in [2.24, 2.45) is 0 Å². The number of hydrogen-bond acceptors (Lipinski definition) is 7. The Kier molecular flexibility index (Phi) is 7.52. The molecule has 1 aliphatic carbocycles. The Morgan fingerprint density at radius 1 is 1.25 bits per heavy atom. The number of aliphatic hydroxyl groups excluding tert-OH is 1. The number of benzene rings is 1. The minimum atomic E-state index is -4.11. The second-order valence-electron chi connectivity index (χ2n) is 6.13. The first-order chi connectivity index (χ1) is 13.1. The van der Waals surface area contributed by atoms with E-state index in [2.05, 4.69) is 21.2 Å². The molecule has 0 saturated heterocycles. The lowest BCUT2D eigenvalue weighted by atomic mass is 10.3. The maximum absolute atomic E-state index is 12.3. The Labute approximate surface area is 170 Å². The average Bonchev–Trinajstić information content (AvgIpc) is 3.43. The topological polar surface area (TPSA) is 151 Å². The van der Waals surface area contributed by atoms with Crippen molar-refractivity contribution in [2.75, 3.05) is 6.61 Å². The van der Waals surface area contributed by atoms with Gasteiger partial charge in [-0.05, 0) is 44.0 Å². The van der Waals surface area contributed by atoms with Gasteiger partial charge in [-0.2, -0.15) is 4.72 Å². The number of ether oxygens (including phenoxy) is 1. The predicted molar refractivity (Wildman–Crippen MR) is 101 cm³/mol. The number of sulfonamides is 1. The summed E-state index contributed by atoms with van der Waals surface area (Å²) < 4.78 is 32.2. The molecule has 4 N–H and O–H groups in total. The summed E-state index contributed by atoms with van der Waals surface area (Å²) >= 11 is 3.18. The van der Waals surface area contributed by atoms with Crippen molar-refractivity contribution in [2.45, 2.75) is 42.8 Å². The number of halogens is 1. The number of imide groups is 1. The molecule has 28 heavy (non-hydrogen) atoms. The number of esters is 1. The van der Waals surface area contributed by atoms with Gasteiger partial charge in [-0.15, -0.1) is 0 Å². The van der Waals surface area contributed by atoms with E-state index in [9.17, 15) is 27.9 Å². The molecular formula is C16H20BrN3O7S. The molecule has 0 radical (unpaired) electrons. The summed E-state index contributed by atoms with van der Waals surface area (Å²) in [6.07, 6.45) is 0.301. The minimum Gasteiger partial charge on any atom is -0.451 e. The van der Waals surface area contributed by atoms with E-state index < -0.39 is 46.7 Å². The first kappa shape index (κ1) is 22.3. The summed E-state index contributed by atoms with van der Waals surface area (Å²) in [5.41, 5.74) is 0. The Morgan fingerprint density at radius 2 is 1.86 bits per heavy atom. The van der Waals surface area contributed by atoms with Crippen LogP contribution in [0.3, 0.4) is 0 Å². The molecule has 1 aliphatic rings. The van der Waals surface area contributed by atoms with Crippen LogP contribution in [0.2, 0.25) is 0 Å². The molecule has 0 bridgehead atoms. The lowest BCUT2D eigenvalue weighted by Crippen LogP contribution is -2.49.